The van der Waals surface area contributed by atoms with Gasteiger partial charge in [0.05, 0.1) is 12.4 Å². The molecule has 152 valence electrons. The Morgan fingerprint density at radius 2 is 1.89 bits per heavy atom. The summed E-state index contributed by atoms with van der Waals surface area (Å²) in [4.78, 5) is 16.3. The molecule has 0 saturated carbocycles. The predicted octanol–water partition coefficient (Wildman–Crippen LogP) is 2.73. The van der Waals surface area contributed by atoms with E-state index >= 15 is 0 Å². The first-order chi connectivity index (χ1) is 13.7. The van der Waals surface area contributed by atoms with Crippen LogP contribution in [0.25, 0.3) is 0 Å². The number of ether oxygens (including phenoxy) is 1. The lowest BCUT2D eigenvalue weighted by Crippen LogP contribution is -2.41. The number of hydrogen-bond acceptors (Lipinski definition) is 4. The molecule has 1 aromatic heterocycles. The topological polar surface area (TPSA) is 87.9 Å². The van der Waals surface area contributed by atoms with E-state index < -0.39 is 0 Å². The molecule has 1 heterocycles. The number of nitrogens with zero attached hydrogens (tertiary/aromatic N) is 1. The molecule has 0 spiro atoms. The molecular formula is C21H30N4O3. The van der Waals surface area contributed by atoms with Gasteiger partial charge >= 0.3 is 0 Å². The molecule has 2 rings (SSSR count). The molecule has 0 bridgehead atoms. The van der Waals surface area contributed by atoms with Gasteiger partial charge in [0.15, 0.2) is 11.7 Å². The van der Waals surface area contributed by atoms with Crippen molar-refractivity contribution in [3.05, 3.63) is 60.1 Å². The summed E-state index contributed by atoms with van der Waals surface area (Å²) in [5, 5.41) is 9.18. The van der Waals surface area contributed by atoms with Crippen molar-refractivity contribution in [2.75, 3.05) is 32.8 Å². The monoisotopic (exact) mass is 386 g/mol. The van der Waals surface area contributed by atoms with Crippen LogP contribution >= 0.6 is 0 Å². The summed E-state index contributed by atoms with van der Waals surface area (Å²) in [5.41, 5.74) is 1.18. The van der Waals surface area contributed by atoms with Gasteiger partial charge in [-0.1, -0.05) is 30.3 Å². The number of aliphatic imine (C=N–C) groups is 1. The minimum atomic E-state index is -0.224. The second kappa shape index (κ2) is 12.6. The van der Waals surface area contributed by atoms with Crippen molar-refractivity contribution in [2.24, 2.45) is 4.99 Å². The third-order valence-electron chi connectivity index (χ3n) is 4.00. The van der Waals surface area contributed by atoms with Crippen molar-refractivity contribution in [3.63, 3.8) is 0 Å². The van der Waals surface area contributed by atoms with E-state index in [1.807, 2.05) is 25.1 Å². The van der Waals surface area contributed by atoms with Crippen LogP contribution in [0.15, 0.2) is 58.1 Å². The van der Waals surface area contributed by atoms with Crippen molar-refractivity contribution >= 4 is 11.9 Å². The SMILES string of the molecule is CCNC(=NCCCOC(C)c1ccccc1)NCCNC(=O)c1ccco1. The Balaban J connectivity index is 1.62. The molecule has 0 aliphatic heterocycles. The summed E-state index contributed by atoms with van der Waals surface area (Å²) in [6.45, 7) is 7.20. The number of amides is 1. The van der Waals surface area contributed by atoms with E-state index in [1.54, 1.807) is 12.1 Å². The highest BCUT2D eigenvalue weighted by Crippen LogP contribution is 2.15. The summed E-state index contributed by atoms with van der Waals surface area (Å²) in [5.74, 6) is 0.814. The number of carbonyl (C=O) groups is 1. The summed E-state index contributed by atoms with van der Waals surface area (Å²) >= 11 is 0. The van der Waals surface area contributed by atoms with Crippen LogP contribution < -0.4 is 16.0 Å². The second-order valence-corrected chi connectivity index (χ2v) is 6.20. The van der Waals surface area contributed by atoms with Gasteiger partial charge < -0.3 is 25.1 Å². The van der Waals surface area contributed by atoms with Crippen molar-refractivity contribution in [2.45, 2.75) is 26.4 Å². The molecule has 0 saturated heterocycles. The molecule has 1 amide bonds. The first-order valence-corrected chi connectivity index (χ1v) is 9.71. The van der Waals surface area contributed by atoms with E-state index in [1.165, 1.54) is 11.8 Å². The number of carbonyl (C=O) groups excluding carboxylic acids is 1. The van der Waals surface area contributed by atoms with E-state index in [0.717, 1.165) is 18.9 Å². The highest BCUT2D eigenvalue weighted by molar-refractivity contribution is 5.91. The molecule has 1 unspecified atom stereocenters. The maximum Gasteiger partial charge on any atom is 0.287 e. The van der Waals surface area contributed by atoms with Gasteiger partial charge in [-0.2, -0.15) is 0 Å². The van der Waals surface area contributed by atoms with Gasteiger partial charge in [0.25, 0.3) is 5.91 Å². The van der Waals surface area contributed by atoms with E-state index in [9.17, 15) is 4.79 Å². The van der Waals surface area contributed by atoms with Crippen LogP contribution in [0.5, 0.6) is 0 Å². The lowest BCUT2D eigenvalue weighted by atomic mass is 10.1. The number of nitrogens with one attached hydrogen (secondary N) is 3. The zero-order valence-corrected chi connectivity index (χ0v) is 16.6. The standard InChI is InChI=1S/C21H30N4O3/c1-3-22-21(25-14-13-23-20(26)19-11-7-15-28-19)24-12-8-16-27-17(2)18-9-5-4-6-10-18/h4-7,9-11,15,17H,3,8,12-14,16H2,1-2H3,(H,23,26)(H2,22,24,25). The highest BCUT2D eigenvalue weighted by atomic mass is 16.5. The molecule has 1 atom stereocenters. The molecule has 0 radical (unpaired) electrons. The quantitative estimate of drug-likeness (QED) is 0.314. The molecule has 1 aromatic carbocycles. The Bertz CT molecular complexity index is 702. The molecular weight excluding hydrogens is 356 g/mol. The van der Waals surface area contributed by atoms with E-state index in [-0.39, 0.29) is 12.0 Å². The van der Waals surface area contributed by atoms with Crippen LogP contribution in [0.3, 0.4) is 0 Å². The fourth-order valence-corrected chi connectivity index (χ4v) is 2.53. The zero-order valence-electron chi connectivity index (χ0n) is 16.6. The van der Waals surface area contributed by atoms with Crippen LogP contribution in [-0.4, -0.2) is 44.7 Å². The lowest BCUT2D eigenvalue weighted by Gasteiger charge is -2.13. The summed E-state index contributed by atoms with van der Waals surface area (Å²) < 4.78 is 10.9. The minimum Gasteiger partial charge on any atom is -0.459 e. The summed E-state index contributed by atoms with van der Waals surface area (Å²) in [6.07, 6.45) is 2.39. The molecule has 3 N–H and O–H groups in total. The predicted molar refractivity (Wildman–Crippen MR) is 110 cm³/mol. The fourth-order valence-electron chi connectivity index (χ4n) is 2.53. The van der Waals surface area contributed by atoms with Gasteiger partial charge in [0.2, 0.25) is 0 Å². The van der Waals surface area contributed by atoms with Crippen LogP contribution in [0.1, 0.15) is 42.5 Å². The Morgan fingerprint density at radius 3 is 2.61 bits per heavy atom. The van der Waals surface area contributed by atoms with E-state index in [2.05, 4.69) is 40.0 Å². The van der Waals surface area contributed by atoms with E-state index in [4.69, 9.17) is 9.15 Å². The van der Waals surface area contributed by atoms with Crippen LogP contribution in [0, 0.1) is 0 Å². The maximum atomic E-state index is 11.8. The number of benzene rings is 1. The second-order valence-electron chi connectivity index (χ2n) is 6.20. The summed E-state index contributed by atoms with van der Waals surface area (Å²) in [6, 6.07) is 13.5. The van der Waals surface area contributed by atoms with Crippen LogP contribution in [0.2, 0.25) is 0 Å². The van der Waals surface area contributed by atoms with Gasteiger partial charge in [0, 0.05) is 32.8 Å². The van der Waals surface area contributed by atoms with E-state index in [0.29, 0.717) is 32.0 Å². The van der Waals surface area contributed by atoms with Crippen molar-refractivity contribution in [1.29, 1.82) is 0 Å². The number of rotatable bonds is 11. The van der Waals surface area contributed by atoms with Crippen LogP contribution in [0.4, 0.5) is 0 Å². The lowest BCUT2D eigenvalue weighted by molar-refractivity contribution is 0.0652. The Morgan fingerprint density at radius 1 is 1.11 bits per heavy atom. The summed E-state index contributed by atoms with van der Waals surface area (Å²) in [7, 11) is 0. The minimum absolute atomic E-state index is 0.0781. The molecule has 0 aliphatic carbocycles. The largest absolute Gasteiger partial charge is 0.459 e. The van der Waals surface area contributed by atoms with Gasteiger partial charge in [-0.25, -0.2) is 0 Å². The molecule has 0 aliphatic rings. The Hall–Kier alpha value is -2.80. The number of furan rings is 1. The van der Waals surface area contributed by atoms with Gasteiger partial charge in [0.1, 0.15) is 0 Å². The highest BCUT2D eigenvalue weighted by Gasteiger charge is 2.07. The average molecular weight is 386 g/mol. The third kappa shape index (κ3) is 7.84. The molecule has 0 fully saturated rings. The molecule has 7 nitrogen and oxygen atoms in total. The first-order valence-electron chi connectivity index (χ1n) is 9.71. The Labute approximate surface area is 166 Å². The van der Waals surface area contributed by atoms with Gasteiger partial charge in [-0.05, 0) is 38.0 Å². The molecule has 28 heavy (non-hydrogen) atoms. The van der Waals surface area contributed by atoms with Crippen LogP contribution in [-0.2, 0) is 4.74 Å². The normalized spacial score (nSPS) is 12.4. The van der Waals surface area contributed by atoms with Gasteiger partial charge in [-0.15, -0.1) is 0 Å². The Kier molecular flexibility index (Phi) is 9.65. The zero-order chi connectivity index (χ0) is 20.0. The third-order valence-corrected chi connectivity index (χ3v) is 4.00. The smallest absolute Gasteiger partial charge is 0.287 e. The maximum absolute atomic E-state index is 11.8. The average Bonchev–Trinajstić information content (AvgIpc) is 3.26. The van der Waals surface area contributed by atoms with Crippen molar-refractivity contribution in [1.82, 2.24) is 16.0 Å². The molecule has 2 aromatic rings. The van der Waals surface area contributed by atoms with Crippen molar-refractivity contribution in [3.8, 4) is 0 Å². The number of guanidine groups is 1. The van der Waals surface area contributed by atoms with Crippen molar-refractivity contribution < 1.29 is 13.9 Å². The first kappa shape index (κ1) is 21.5. The molecule has 7 heteroatoms. The number of hydrogen-bond donors (Lipinski definition) is 3. The fraction of sp³-hybridized carbons (Fsp3) is 0.429. The van der Waals surface area contributed by atoms with Gasteiger partial charge in [-0.3, -0.25) is 9.79 Å².